The third-order valence-corrected chi connectivity index (χ3v) is 9.17. The van der Waals surface area contributed by atoms with Crippen LogP contribution in [-0.2, 0) is 14.0 Å². The molecule has 0 aromatic heterocycles. The number of rotatable bonds is 8. The first-order chi connectivity index (χ1) is 9.24. The topological polar surface area (TPSA) is 43.4 Å². The lowest BCUT2D eigenvalue weighted by atomic mass is 9.79. The van der Waals surface area contributed by atoms with Gasteiger partial charge in [0.25, 0.3) is 0 Å². The zero-order chi connectivity index (χ0) is 17.1. The Morgan fingerprint density at radius 3 is 2.05 bits per heavy atom. The van der Waals surface area contributed by atoms with E-state index in [-0.39, 0.29) is 16.2 Å². The van der Waals surface area contributed by atoms with Crippen LogP contribution in [-0.4, -0.2) is 26.5 Å². The molecular formula is C17H32O3Si. The SMILES string of the molecule is C=C(C[C@H](O[Si](C)(C)C(C)(C)C)C(C)=O)C(C)(C)CC=O. The highest BCUT2D eigenvalue weighted by atomic mass is 28.4. The van der Waals surface area contributed by atoms with Crippen LogP contribution in [0.25, 0.3) is 0 Å². The minimum atomic E-state index is -2.01. The Balaban J connectivity index is 5.08. The summed E-state index contributed by atoms with van der Waals surface area (Å²) in [5.74, 6) is 0.0304. The maximum atomic E-state index is 12.0. The summed E-state index contributed by atoms with van der Waals surface area (Å²) in [6, 6.07) is 0. The van der Waals surface area contributed by atoms with Crippen molar-refractivity contribution in [1.82, 2.24) is 0 Å². The van der Waals surface area contributed by atoms with Crippen molar-refractivity contribution in [2.75, 3.05) is 0 Å². The van der Waals surface area contributed by atoms with Crippen molar-refractivity contribution in [3.63, 3.8) is 0 Å². The van der Waals surface area contributed by atoms with Crippen LogP contribution in [0.1, 0.15) is 54.4 Å². The Morgan fingerprint density at radius 2 is 1.71 bits per heavy atom. The molecule has 0 bridgehead atoms. The highest BCUT2D eigenvalue weighted by Crippen LogP contribution is 2.39. The lowest BCUT2D eigenvalue weighted by molar-refractivity contribution is -0.124. The van der Waals surface area contributed by atoms with E-state index in [0.717, 1.165) is 11.9 Å². The van der Waals surface area contributed by atoms with E-state index in [1.807, 2.05) is 13.8 Å². The summed E-state index contributed by atoms with van der Waals surface area (Å²) in [7, 11) is -2.01. The maximum absolute atomic E-state index is 12.0. The molecule has 3 nitrogen and oxygen atoms in total. The van der Waals surface area contributed by atoms with Gasteiger partial charge in [0.15, 0.2) is 14.1 Å². The van der Waals surface area contributed by atoms with Crippen molar-refractivity contribution in [2.45, 2.75) is 78.6 Å². The van der Waals surface area contributed by atoms with Crippen molar-refractivity contribution in [3.05, 3.63) is 12.2 Å². The van der Waals surface area contributed by atoms with Crippen molar-refractivity contribution >= 4 is 20.4 Å². The van der Waals surface area contributed by atoms with E-state index in [4.69, 9.17) is 4.43 Å². The average Bonchev–Trinajstić information content (AvgIpc) is 2.25. The molecule has 0 aromatic rings. The second-order valence-corrected chi connectivity index (χ2v) is 12.8. The first-order valence-corrected chi connectivity index (χ1v) is 10.5. The quantitative estimate of drug-likeness (QED) is 0.376. The van der Waals surface area contributed by atoms with Crippen LogP contribution in [0, 0.1) is 5.41 Å². The van der Waals surface area contributed by atoms with Gasteiger partial charge in [0.1, 0.15) is 12.4 Å². The molecule has 0 aliphatic heterocycles. The summed E-state index contributed by atoms with van der Waals surface area (Å²) in [6.45, 7) is 20.4. The first kappa shape index (κ1) is 20.3. The fourth-order valence-electron chi connectivity index (χ4n) is 1.65. The molecule has 0 aliphatic rings. The van der Waals surface area contributed by atoms with E-state index in [1.165, 1.54) is 0 Å². The second kappa shape index (κ2) is 7.01. The standard InChI is InChI=1S/C17H32O3Si/c1-13(17(6,7)10-11-18)12-15(14(2)19)20-21(8,9)16(3,4)5/h11,15H,1,10,12H2,2-9H3/t15-/m0/s1. The van der Waals surface area contributed by atoms with Crippen molar-refractivity contribution in [2.24, 2.45) is 5.41 Å². The molecular weight excluding hydrogens is 280 g/mol. The van der Waals surface area contributed by atoms with E-state index >= 15 is 0 Å². The lowest BCUT2D eigenvalue weighted by Crippen LogP contribution is -2.46. The fourth-order valence-corrected chi connectivity index (χ4v) is 2.97. The molecule has 0 N–H and O–H groups in total. The molecule has 0 aliphatic carbocycles. The van der Waals surface area contributed by atoms with Crippen LogP contribution in [0.5, 0.6) is 0 Å². The van der Waals surface area contributed by atoms with Crippen molar-refractivity contribution < 1.29 is 14.0 Å². The molecule has 0 radical (unpaired) electrons. The van der Waals surface area contributed by atoms with E-state index in [2.05, 4.69) is 40.4 Å². The molecule has 21 heavy (non-hydrogen) atoms. The Kier molecular flexibility index (Phi) is 6.76. The van der Waals surface area contributed by atoms with E-state index in [9.17, 15) is 9.59 Å². The predicted octanol–water partition coefficient (Wildman–Crippen LogP) is 4.53. The number of aldehydes is 1. The Bertz CT molecular complexity index is 403. The molecule has 0 saturated heterocycles. The summed E-state index contributed by atoms with van der Waals surface area (Å²) in [5.41, 5.74) is 0.597. The van der Waals surface area contributed by atoms with Crippen LogP contribution in [0.15, 0.2) is 12.2 Å². The predicted molar refractivity (Wildman–Crippen MR) is 91.0 cm³/mol. The monoisotopic (exact) mass is 312 g/mol. The summed E-state index contributed by atoms with van der Waals surface area (Å²) < 4.78 is 6.25. The van der Waals surface area contributed by atoms with Gasteiger partial charge in [-0.1, -0.05) is 46.8 Å². The van der Waals surface area contributed by atoms with E-state index in [0.29, 0.717) is 12.8 Å². The maximum Gasteiger partial charge on any atom is 0.193 e. The van der Waals surface area contributed by atoms with Gasteiger partial charge in [0, 0.05) is 12.8 Å². The van der Waals surface area contributed by atoms with E-state index in [1.54, 1.807) is 6.92 Å². The van der Waals surface area contributed by atoms with Gasteiger partial charge in [-0.15, -0.1) is 0 Å². The van der Waals surface area contributed by atoms with Gasteiger partial charge in [0.2, 0.25) is 0 Å². The van der Waals surface area contributed by atoms with Gasteiger partial charge < -0.3 is 9.22 Å². The number of hydrogen-bond acceptors (Lipinski definition) is 3. The third-order valence-electron chi connectivity index (χ3n) is 4.68. The summed E-state index contributed by atoms with van der Waals surface area (Å²) >= 11 is 0. The molecule has 0 saturated carbocycles. The normalized spacial score (nSPS) is 14.7. The van der Waals surface area contributed by atoms with Gasteiger partial charge in [-0.05, 0) is 30.5 Å². The van der Waals surface area contributed by atoms with Crippen LogP contribution < -0.4 is 0 Å². The second-order valence-electron chi connectivity index (χ2n) is 8.04. The zero-order valence-electron chi connectivity index (χ0n) is 15.0. The van der Waals surface area contributed by atoms with Gasteiger partial charge in [-0.25, -0.2) is 0 Å². The van der Waals surface area contributed by atoms with Gasteiger partial charge in [-0.3, -0.25) is 4.79 Å². The highest BCUT2D eigenvalue weighted by Gasteiger charge is 2.40. The summed E-state index contributed by atoms with van der Waals surface area (Å²) in [4.78, 5) is 22.7. The Morgan fingerprint density at radius 1 is 1.24 bits per heavy atom. The van der Waals surface area contributed by atoms with Crippen molar-refractivity contribution in [1.29, 1.82) is 0 Å². The molecule has 122 valence electrons. The van der Waals surface area contributed by atoms with Gasteiger partial charge in [-0.2, -0.15) is 0 Å². The van der Waals surface area contributed by atoms with E-state index < -0.39 is 14.4 Å². The molecule has 1 atom stereocenters. The molecule has 0 heterocycles. The summed E-state index contributed by atoms with van der Waals surface area (Å²) in [5, 5.41) is 0.0559. The molecule has 0 rings (SSSR count). The molecule has 0 unspecified atom stereocenters. The van der Waals surface area contributed by atoms with Crippen LogP contribution in [0.4, 0.5) is 0 Å². The Hall–Kier alpha value is -0.743. The van der Waals surface area contributed by atoms with Crippen LogP contribution in [0.2, 0.25) is 18.1 Å². The lowest BCUT2D eigenvalue weighted by Gasteiger charge is -2.39. The zero-order valence-corrected chi connectivity index (χ0v) is 16.0. The minimum Gasteiger partial charge on any atom is -0.407 e. The van der Waals surface area contributed by atoms with Crippen molar-refractivity contribution in [3.8, 4) is 0 Å². The van der Waals surface area contributed by atoms with Gasteiger partial charge in [0.05, 0.1) is 0 Å². The number of carbonyl (C=O) groups excluding carboxylic acids is 2. The average molecular weight is 313 g/mol. The summed E-state index contributed by atoms with van der Waals surface area (Å²) in [6.07, 6.45) is 1.35. The highest BCUT2D eigenvalue weighted by molar-refractivity contribution is 6.74. The largest absolute Gasteiger partial charge is 0.407 e. The van der Waals surface area contributed by atoms with Gasteiger partial charge >= 0.3 is 0 Å². The molecule has 0 fully saturated rings. The Labute approximate surface area is 131 Å². The fraction of sp³-hybridized carbons (Fsp3) is 0.765. The number of carbonyl (C=O) groups is 2. The number of Topliss-reactive ketones (excluding diaryl/α,β-unsaturated/α-hetero) is 1. The smallest absolute Gasteiger partial charge is 0.193 e. The molecule has 0 aromatic carbocycles. The van der Waals surface area contributed by atoms with Crippen LogP contribution >= 0.6 is 0 Å². The first-order valence-electron chi connectivity index (χ1n) is 7.55. The third kappa shape index (κ3) is 5.87. The molecule has 0 spiro atoms. The molecule has 4 heteroatoms. The number of hydrogen-bond donors (Lipinski definition) is 0. The number of ketones is 1. The van der Waals surface area contributed by atoms with Crippen LogP contribution in [0.3, 0.4) is 0 Å². The molecule has 0 amide bonds. The minimum absolute atomic E-state index is 0.0304.